The maximum atomic E-state index is 10.7. The van der Waals surface area contributed by atoms with Gasteiger partial charge in [0.05, 0.1) is 5.60 Å². The molecule has 15 heavy (non-hydrogen) atoms. The van der Waals surface area contributed by atoms with Gasteiger partial charge >= 0.3 is 0 Å². The number of aliphatic hydroxyl groups is 1. The zero-order valence-corrected chi connectivity index (χ0v) is 10.3. The normalized spacial score (nSPS) is 38.0. The Balaban J connectivity index is 1.90. The lowest BCUT2D eigenvalue weighted by Crippen LogP contribution is -2.45. The van der Waals surface area contributed by atoms with E-state index in [-0.39, 0.29) is 5.60 Å². The van der Waals surface area contributed by atoms with Gasteiger partial charge in [0.15, 0.2) is 0 Å². The van der Waals surface area contributed by atoms with Gasteiger partial charge in [-0.05, 0) is 49.9 Å². The minimum absolute atomic E-state index is 0.268. The summed E-state index contributed by atoms with van der Waals surface area (Å²) in [7, 11) is 0. The summed E-state index contributed by atoms with van der Waals surface area (Å²) < 4.78 is 0. The summed E-state index contributed by atoms with van der Waals surface area (Å²) in [6.07, 6.45) is 10.0. The van der Waals surface area contributed by atoms with Crippen LogP contribution in [0.1, 0.15) is 65.2 Å². The fourth-order valence-corrected chi connectivity index (χ4v) is 3.59. The van der Waals surface area contributed by atoms with Crippen LogP contribution in [-0.2, 0) is 0 Å². The molecule has 2 aliphatic carbocycles. The van der Waals surface area contributed by atoms with Crippen LogP contribution >= 0.6 is 0 Å². The van der Waals surface area contributed by atoms with Crippen LogP contribution in [0.5, 0.6) is 0 Å². The van der Waals surface area contributed by atoms with Gasteiger partial charge in [-0.1, -0.05) is 33.1 Å². The summed E-state index contributed by atoms with van der Waals surface area (Å²) in [5.41, 5.74) is -0.268. The van der Waals surface area contributed by atoms with Crippen molar-refractivity contribution >= 4 is 0 Å². The van der Waals surface area contributed by atoms with Crippen molar-refractivity contribution in [2.24, 2.45) is 17.8 Å². The van der Waals surface area contributed by atoms with Crippen molar-refractivity contribution in [2.45, 2.75) is 70.8 Å². The standard InChI is InChI=1S/C14H26O/c1-11(2)9-12-5-4-8-14(15,10-12)13-6-3-7-13/h11-13,15H,3-10H2,1-2H3. The monoisotopic (exact) mass is 210 g/mol. The van der Waals surface area contributed by atoms with E-state index in [2.05, 4.69) is 13.8 Å². The Morgan fingerprint density at radius 3 is 2.47 bits per heavy atom. The number of hydrogen-bond acceptors (Lipinski definition) is 1. The van der Waals surface area contributed by atoms with E-state index < -0.39 is 0 Å². The van der Waals surface area contributed by atoms with Crippen LogP contribution in [0, 0.1) is 17.8 Å². The SMILES string of the molecule is CC(C)CC1CCCC(O)(C2CCC2)C1. The van der Waals surface area contributed by atoms with Gasteiger partial charge in [0.25, 0.3) is 0 Å². The molecule has 0 aromatic heterocycles. The number of rotatable bonds is 3. The lowest BCUT2D eigenvalue weighted by atomic mass is 9.63. The van der Waals surface area contributed by atoms with Crippen molar-refractivity contribution < 1.29 is 5.11 Å². The fraction of sp³-hybridized carbons (Fsp3) is 1.00. The first-order chi connectivity index (χ1) is 7.10. The predicted octanol–water partition coefficient (Wildman–Crippen LogP) is 3.75. The van der Waals surface area contributed by atoms with Crippen molar-refractivity contribution in [3.63, 3.8) is 0 Å². The third-order valence-electron chi connectivity index (χ3n) is 4.53. The molecule has 2 rings (SSSR count). The van der Waals surface area contributed by atoms with Gasteiger partial charge in [-0.15, -0.1) is 0 Å². The second-order valence-electron chi connectivity index (χ2n) is 6.32. The van der Waals surface area contributed by atoms with Crippen LogP contribution in [0.4, 0.5) is 0 Å². The molecular formula is C14H26O. The molecule has 88 valence electrons. The fourth-order valence-electron chi connectivity index (χ4n) is 3.59. The molecule has 0 amide bonds. The molecule has 1 nitrogen and oxygen atoms in total. The van der Waals surface area contributed by atoms with E-state index in [0.717, 1.165) is 24.7 Å². The first kappa shape index (κ1) is 11.4. The van der Waals surface area contributed by atoms with E-state index in [1.807, 2.05) is 0 Å². The highest BCUT2D eigenvalue weighted by Crippen LogP contribution is 2.46. The summed E-state index contributed by atoms with van der Waals surface area (Å²) in [4.78, 5) is 0. The van der Waals surface area contributed by atoms with E-state index in [0.29, 0.717) is 5.92 Å². The first-order valence-corrected chi connectivity index (χ1v) is 6.82. The van der Waals surface area contributed by atoms with Gasteiger partial charge in [-0.25, -0.2) is 0 Å². The Labute approximate surface area is 94.3 Å². The molecule has 1 heteroatoms. The molecule has 2 atom stereocenters. The van der Waals surface area contributed by atoms with Crippen molar-refractivity contribution in [1.29, 1.82) is 0 Å². The molecule has 0 aromatic rings. The van der Waals surface area contributed by atoms with E-state index in [1.54, 1.807) is 0 Å². The summed E-state index contributed by atoms with van der Waals surface area (Å²) in [5.74, 6) is 2.23. The van der Waals surface area contributed by atoms with Crippen molar-refractivity contribution in [3.8, 4) is 0 Å². The summed E-state index contributed by atoms with van der Waals surface area (Å²) in [5, 5.41) is 10.7. The second kappa shape index (κ2) is 4.45. The maximum absolute atomic E-state index is 10.7. The highest BCUT2D eigenvalue weighted by molar-refractivity contribution is 4.95. The zero-order chi connectivity index (χ0) is 10.9. The molecule has 0 radical (unpaired) electrons. The lowest BCUT2D eigenvalue weighted by molar-refractivity contribution is -0.0920. The smallest absolute Gasteiger partial charge is 0.0678 e. The van der Waals surface area contributed by atoms with Gasteiger partial charge in [0.1, 0.15) is 0 Å². The molecule has 0 bridgehead atoms. The molecule has 0 aliphatic heterocycles. The van der Waals surface area contributed by atoms with Crippen LogP contribution in [0.3, 0.4) is 0 Å². The molecule has 0 saturated heterocycles. The van der Waals surface area contributed by atoms with Gasteiger partial charge in [-0.2, -0.15) is 0 Å². The summed E-state index contributed by atoms with van der Waals surface area (Å²) in [6.45, 7) is 4.61. The van der Waals surface area contributed by atoms with E-state index in [4.69, 9.17) is 0 Å². The second-order valence-corrected chi connectivity index (χ2v) is 6.32. The van der Waals surface area contributed by atoms with E-state index in [1.165, 1.54) is 38.5 Å². The third kappa shape index (κ3) is 2.55. The Hall–Kier alpha value is -0.0400. The molecule has 2 fully saturated rings. The molecule has 0 aromatic carbocycles. The first-order valence-electron chi connectivity index (χ1n) is 6.82. The summed E-state index contributed by atoms with van der Waals surface area (Å²) >= 11 is 0. The molecule has 2 aliphatic rings. The van der Waals surface area contributed by atoms with E-state index >= 15 is 0 Å². The molecule has 1 N–H and O–H groups in total. The Morgan fingerprint density at radius 2 is 1.93 bits per heavy atom. The Bertz CT molecular complexity index is 207. The highest BCUT2D eigenvalue weighted by atomic mass is 16.3. The van der Waals surface area contributed by atoms with Crippen LogP contribution in [0.25, 0.3) is 0 Å². The largest absolute Gasteiger partial charge is 0.390 e. The van der Waals surface area contributed by atoms with Crippen LogP contribution in [0.2, 0.25) is 0 Å². The Kier molecular flexibility index (Phi) is 3.39. The predicted molar refractivity (Wildman–Crippen MR) is 63.7 cm³/mol. The minimum atomic E-state index is -0.268. The van der Waals surface area contributed by atoms with Crippen LogP contribution in [-0.4, -0.2) is 10.7 Å². The van der Waals surface area contributed by atoms with Gasteiger partial charge in [-0.3, -0.25) is 0 Å². The van der Waals surface area contributed by atoms with Gasteiger partial charge in [0.2, 0.25) is 0 Å². The zero-order valence-electron chi connectivity index (χ0n) is 10.3. The quantitative estimate of drug-likeness (QED) is 0.752. The molecular weight excluding hydrogens is 184 g/mol. The average Bonchev–Trinajstić information content (AvgIpc) is 1.97. The van der Waals surface area contributed by atoms with E-state index in [9.17, 15) is 5.11 Å². The van der Waals surface area contributed by atoms with Crippen LogP contribution < -0.4 is 0 Å². The highest BCUT2D eigenvalue weighted by Gasteiger charge is 2.43. The van der Waals surface area contributed by atoms with Crippen LogP contribution in [0.15, 0.2) is 0 Å². The van der Waals surface area contributed by atoms with Gasteiger partial charge < -0.3 is 5.11 Å². The van der Waals surface area contributed by atoms with Crippen molar-refractivity contribution in [2.75, 3.05) is 0 Å². The molecule has 2 unspecified atom stereocenters. The van der Waals surface area contributed by atoms with Crippen molar-refractivity contribution in [3.05, 3.63) is 0 Å². The molecule has 0 spiro atoms. The third-order valence-corrected chi connectivity index (χ3v) is 4.53. The minimum Gasteiger partial charge on any atom is -0.390 e. The average molecular weight is 210 g/mol. The molecule has 0 heterocycles. The molecule has 2 saturated carbocycles. The maximum Gasteiger partial charge on any atom is 0.0678 e. The van der Waals surface area contributed by atoms with Gasteiger partial charge in [0, 0.05) is 0 Å². The number of hydrogen-bond donors (Lipinski definition) is 1. The summed E-state index contributed by atoms with van der Waals surface area (Å²) in [6, 6.07) is 0. The topological polar surface area (TPSA) is 20.2 Å². The van der Waals surface area contributed by atoms with Crippen molar-refractivity contribution in [1.82, 2.24) is 0 Å². The Morgan fingerprint density at radius 1 is 1.20 bits per heavy atom. The lowest BCUT2D eigenvalue weighted by Gasteiger charge is -2.46.